The molecule has 2 aromatic carbocycles. The van der Waals surface area contributed by atoms with Crippen molar-refractivity contribution in [2.24, 2.45) is 0 Å². The molecule has 158 valence electrons. The van der Waals surface area contributed by atoms with Gasteiger partial charge in [-0.05, 0) is 48.4 Å². The lowest BCUT2D eigenvalue weighted by Crippen LogP contribution is -2.33. The van der Waals surface area contributed by atoms with Gasteiger partial charge in [-0.2, -0.15) is 0 Å². The number of thiocarbonyl (C=S) groups is 1. The summed E-state index contributed by atoms with van der Waals surface area (Å²) in [5.41, 5.74) is 2.62. The van der Waals surface area contributed by atoms with Gasteiger partial charge in [0.25, 0.3) is 5.91 Å². The molecule has 30 heavy (non-hydrogen) atoms. The highest BCUT2D eigenvalue weighted by atomic mass is 35.5. The molecule has 0 bridgehead atoms. The number of benzene rings is 2. The van der Waals surface area contributed by atoms with Crippen LogP contribution in [0.1, 0.15) is 11.1 Å². The van der Waals surface area contributed by atoms with Gasteiger partial charge in [-0.3, -0.25) is 9.69 Å². The standard InChI is InChI=1S/C21H21ClN2O4S2/c1-12-5-6-14(22)10-15(12)23-11-24-20(25)18(30-21(24)29)9-13-7-16(26-2)19(28-4)17(8-13)27-3/h5-10,23H,11H2,1-4H3/b18-9+. The van der Waals surface area contributed by atoms with Crippen LogP contribution in [-0.2, 0) is 4.79 Å². The Kier molecular flexibility index (Phi) is 7.12. The first-order valence-electron chi connectivity index (χ1n) is 8.93. The van der Waals surface area contributed by atoms with Crippen LogP contribution in [0.4, 0.5) is 5.69 Å². The smallest absolute Gasteiger partial charge is 0.267 e. The number of anilines is 1. The first kappa shape index (κ1) is 22.3. The van der Waals surface area contributed by atoms with E-state index < -0.39 is 0 Å². The molecule has 1 aliphatic rings. The molecule has 1 heterocycles. The minimum Gasteiger partial charge on any atom is -0.493 e. The van der Waals surface area contributed by atoms with Gasteiger partial charge in [0.1, 0.15) is 4.32 Å². The van der Waals surface area contributed by atoms with Crippen molar-refractivity contribution >= 4 is 57.6 Å². The minimum absolute atomic E-state index is 0.175. The molecule has 0 unspecified atom stereocenters. The maximum atomic E-state index is 12.9. The number of ether oxygens (including phenoxy) is 3. The number of carbonyl (C=O) groups is 1. The summed E-state index contributed by atoms with van der Waals surface area (Å²) in [6, 6.07) is 9.12. The molecule has 9 heteroatoms. The van der Waals surface area contributed by atoms with Crippen LogP contribution in [0.15, 0.2) is 35.2 Å². The summed E-state index contributed by atoms with van der Waals surface area (Å²) in [5, 5.41) is 3.85. The van der Waals surface area contributed by atoms with E-state index in [1.165, 1.54) is 16.7 Å². The summed E-state index contributed by atoms with van der Waals surface area (Å²) in [5.74, 6) is 1.34. The van der Waals surface area contributed by atoms with Crippen molar-refractivity contribution in [2.75, 3.05) is 33.3 Å². The van der Waals surface area contributed by atoms with Gasteiger partial charge in [-0.25, -0.2) is 0 Å². The number of halogens is 1. The fourth-order valence-electron chi connectivity index (χ4n) is 2.92. The van der Waals surface area contributed by atoms with Crippen molar-refractivity contribution in [3.8, 4) is 17.2 Å². The van der Waals surface area contributed by atoms with Crippen LogP contribution in [0.3, 0.4) is 0 Å². The Bertz CT molecular complexity index is 1000. The van der Waals surface area contributed by atoms with Crippen LogP contribution in [0.25, 0.3) is 6.08 Å². The molecule has 0 saturated carbocycles. The molecule has 0 radical (unpaired) electrons. The fraction of sp³-hybridized carbons (Fsp3) is 0.238. The number of nitrogens with one attached hydrogen (secondary N) is 1. The summed E-state index contributed by atoms with van der Waals surface area (Å²) in [4.78, 5) is 15.0. The molecule has 1 N–H and O–H groups in total. The lowest BCUT2D eigenvalue weighted by molar-refractivity contribution is -0.121. The first-order chi connectivity index (χ1) is 14.4. The Morgan fingerprint density at radius 1 is 1.13 bits per heavy atom. The molecule has 0 aliphatic carbocycles. The number of thioether (sulfide) groups is 1. The molecule has 1 saturated heterocycles. The van der Waals surface area contributed by atoms with Gasteiger partial charge in [0, 0.05) is 10.7 Å². The number of rotatable bonds is 7. The van der Waals surface area contributed by atoms with Crippen molar-refractivity contribution in [2.45, 2.75) is 6.92 Å². The molecule has 1 fully saturated rings. The van der Waals surface area contributed by atoms with Crippen LogP contribution < -0.4 is 19.5 Å². The van der Waals surface area contributed by atoms with Crippen LogP contribution >= 0.6 is 35.6 Å². The quantitative estimate of drug-likeness (QED) is 0.459. The van der Waals surface area contributed by atoms with Crippen LogP contribution in [0.2, 0.25) is 5.02 Å². The van der Waals surface area contributed by atoms with Crippen molar-refractivity contribution in [3.05, 3.63) is 51.4 Å². The Hall–Kier alpha value is -2.42. The van der Waals surface area contributed by atoms with Crippen LogP contribution in [-0.4, -0.2) is 43.1 Å². The third-order valence-electron chi connectivity index (χ3n) is 4.49. The number of aryl methyl sites for hydroxylation is 1. The summed E-state index contributed by atoms with van der Waals surface area (Å²) in [6.45, 7) is 2.21. The Balaban J connectivity index is 1.82. The van der Waals surface area contributed by atoms with E-state index in [9.17, 15) is 4.79 Å². The number of hydrogen-bond donors (Lipinski definition) is 1. The van der Waals surface area contributed by atoms with Crippen LogP contribution in [0.5, 0.6) is 17.2 Å². The zero-order valence-corrected chi connectivity index (χ0v) is 19.3. The summed E-state index contributed by atoms with van der Waals surface area (Å²) >= 11 is 12.7. The van der Waals surface area contributed by atoms with Gasteiger partial charge in [-0.1, -0.05) is 41.6 Å². The summed E-state index contributed by atoms with van der Waals surface area (Å²) in [7, 11) is 4.63. The number of nitrogens with zero attached hydrogens (tertiary/aromatic N) is 1. The topological polar surface area (TPSA) is 60.0 Å². The van der Waals surface area contributed by atoms with Crippen molar-refractivity contribution in [3.63, 3.8) is 0 Å². The third-order valence-corrected chi connectivity index (χ3v) is 6.10. The molecule has 0 aromatic heterocycles. The van der Waals surface area contributed by atoms with Gasteiger partial charge in [0.2, 0.25) is 5.75 Å². The summed E-state index contributed by atoms with van der Waals surface area (Å²) < 4.78 is 16.6. The second-order valence-corrected chi connectivity index (χ2v) is 8.47. The third kappa shape index (κ3) is 4.66. The maximum absolute atomic E-state index is 12.9. The lowest BCUT2D eigenvalue weighted by atomic mass is 10.1. The van der Waals surface area contributed by atoms with E-state index >= 15 is 0 Å². The molecule has 0 atom stereocenters. The zero-order valence-electron chi connectivity index (χ0n) is 16.9. The first-order valence-corrected chi connectivity index (χ1v) is 10.5. The van der Waals surface area contributed by atoms with Gasteiger partial charge in [0.05, 0.1) is 32.9 Å². The molecule has 6 nitrogen and oxygen atoms in total. The number of hydrogen-bond acceptors (Lipinski definition) is 7. The molecule has 2 aromatic rings. The average molecular weight is 465 g/mol. The van der Waals surface area contributed by atoms with Crippen molar-refractivity contribution in [1.29, 1.82) is 0 Å². The highest BCUT2D eigenvalue weighted by molar-refractivity contribution is 8.26. The minimum atomic E-state index is -0.175. The molecule has 1 amide bonds. The summed E-state index contributed by atoms with van der Waals surface area (Å²) in [6.07, 6.45) is 1.76. The van der Waals surface area contributed by atoms with E-state index in [1.807, 2.05) is 25.1 Å². The van der Waals surface area contributed by atoms with Crippen molar-refractivity contribution in [1.82, 2.24) is 4.90 Å². The van der Waals surface area contributed by atoms with E-state index in [4.69, 9.17) is 38.0 Å². The molecular formula is C21H21ClN2O4S2. The second-order valence-electron chi connectivity index (χ2n) is 6.36. The zero-order chi connectivity index (χ0) is 21.8. The maximum Gasteiger partial charge on any atom is 0.267 e. The highest BCUT2D eigenvalue weighted by Gasteiger charge is 2.32. The predicted molar refractivity (Wildman–Crippen MR) is 126 cm³/mol. The van der Waals surface area contributed by atoms with E-state index in [0.717, 1.165) is 16.8 Å². The number of methoxy groups -OCH3 is 3. The van der Waals surface area contributed by atoms with Crippen LogP contribution in [0, 0.1) is 6.92 Å². The van der Waals surface area contributed by atoms with E-state index in [-0.39, 0.29) is 12.6 Å². The van der Waals surface area contributed by atoms with Gasteiger partial charge in [-0.15, -0.1) is 0 Å². The molecule has 3 rings (SSSR count). The van der Waals surface area contributed by atoms with Gasteiger partial charge < -0.3 is 19.5 Å². The van der Waals surface area contributed by atoms with E-state index in [1.54, 1.807) is 39.5 Å². The predicted octanol–water partition coefficient (Wildman–Crippen LogP) is 4.95. The SMILES string of the molecule is COc1cc(/C=C2/SC(=S)N(CNc3cc(Cl)ccc3C)C2=O)cc(OC)c1OC. The number of carbonyl (C=O) groups excluding carboxylic acids is 1. The van der Waals surface area contributed by atoms with Crippen molar-refractivity contribution < 1.29 is 19.0 Å². The average Bonchev–Trinajstić information content (AvgIpc) is 3.00. The Morgan fingerprint density at radius 2 is 1.80 bits per heavy atom. The Labute approximate surface area is 190 Å². The molecular weight excluding hydrogens is 444 g/mol. The van der Waals surface area contributed by atoms with Gasteiger partial charge >= 0.3 is 0 Å². The van der Waals surface area contributed by atoms with Gasteiger partial charge in [0.15, 0.2) is 11.5 Å². The normalized spacial score (nSPS) is 15.0. The number of amides is 1. The molecule has 1 aliphatic heterocycles. The fourth-order valence-corrected chi connectivity index (χ4v) is 4.35. The van der Waals surface area contributed by atoms with E-state index in [0.29, 0.717) is 31.5 Å². The van der Waals surface area contributed by atoms with E-state index in [2.05, 4.69) is 5.32 Å². The Morgan fingerprint density at radius 3 is 2.40 bits per heavy atom. The monoisotopic (exact) mass is 464 g/mol. The largest absolute Gasteiger partial charge is 0.493 e. The lowest BCUT2D eigenvalue weighted by Gasteiger charge is -2.17. The molecule has 0 spiro atoms. The highest BCUT2D eigenvalue weighted by Crippen LogP contribution is 2.40. The second kappa shape index (κ2) is 9.59.